The number of aliphatic carboxylic acids is 1. The molecule has 9 heteroatoms. The predicted octanol–water partition coefficient (Wildman–Crippen LogP) is 5.22. The van der Waals surface area contributed by atoms with Crippen molar-refractivity contribution >= 4 is 29.5 Å². The first-order chi connectivity index (χ1) is 19.9. The monoisotopic (exact) mass is 570 g/mol. The van der Waals surface area contributed by atoms with Crippen molar-refractivity contribution in [2.24, 2.45) is 4.99 Å². The van der Waals surface area contributed by atoms with Crippen molar-refractivity contribution in [1.29, 1.82) is 0 Å². The first kappa shape index (κ1) is 26.6. The highest BCUT2D eigenvalue weighted by Crippen LogP contribution is 2.41. The standard InChI is InChI=1S/C32H24F2N2O4S/c33-23-9-1-5-19(14-23)13-21-7-4-12-26-29(21)35-32-36(30(26)22-8-3-10-24(34)17-22)31(39)27(41-32)16-20-6-2-11-25(15-20)40-18-28(37)38/h1-3,5-6,8-11,13-17,30H,4,7,12,18H2,(H,37,38)/b21-13+,27-16-. The molecule has 4 aromatic rings. The van der Waals surface area contributed by atoms with E-state index < -0.39 is 24.4 Å². The van der Waals surface area contributed by atoms with E-state index in [-0.39, 0.29) is 11.4 Å². The van der Waals surface area contributed by atoms with Crippen molar-refractivity contribution < 1.29 is 23.4 Å². The van der Waals surface area contributed by atoms with Crippen LogP contribution in [0.15, 0.2) is 99.4 Å². The number of carboxylic acid groups (broad SMARTS) is 1. The topological polar surface area (TPSA) is 80.9 Å². The zero-order valence-electron chi connectivity index (χ0n) is 21.7. The number of benzene rings is 3. The molecule has 0 bridgehead atoms. The predicted molar refractivity (Wildman–Crippen MR) is 152 cm³/mol. The van der Waals surface area contributed by atoms with Gasteiger partial charge in [-0.3, -0.25) is 9.36 Å². The number of carboxylic acids is 1. The molecule has 6 rings (SSSR count). The molecule has 0 saturated carbocycles. The quantitative estimate of drug-likeness (QED) is 0.345. The van der Waals surface area contributed by atoms with Gasteiger partial charge in [0.25, 0.3) is 5.56 Å². The Balaban J connectivity index is 1.52. The van der Waals surface area contributed by atoms with Crippen LogP contribution in [0.25, 0.3) is 12.2 Å². The van der Waals surface area contributed by atoms with Crippen LogP contribution in [-0.4, -0.2) is 22.2 Å². The molecule has 0 fully saturated rings. The Bertz CT molecular complexity index is 1920. The first-order valence-electron chi connectivity index (χ1n) is 13.1. The summed E-state index contributed by atoms with van der Waals surface area (Å²) in [5.41, 5.74) is 4.40. The number of allylic oxidation sites excluding steroid dienone is 2. The largest absolute Gasteiger partial charge is 0.482 e. The van der Waals surface area contributed by atoms with Crippen LogP contribution in [-0.2, 0) is 4.79 Å². The lowest BCUT2D eigenvalue weighted by atomic mass is 9.84. The van der Waals surface area contributed by atoms with E-state index in [0.29, 0.717) is 32.6 Å². The number of nitrogens with zero attached hydrogens (tertiary/aromatic N) is 2. The van der Waals surface area contributed by atoms with Gasteiger partial charge in [-0.05, 0) is 95.6 Å². The maximum atomic E-state index is 14.4. The Hall–Kier alpha value is -4.63. The number of hydrogen-bond acceptors (Lipinski definition) is 5. The molecule has 41 heavy (non-hydrogen) atoms. The van der Waals surface area contributed by atoms with Crippen molar-refractivity contribution in [3.8, 4) is 5.75 Å². The summed E-state index contributed by atoms with van der Waals surface area (Å²) in [4.78, 5) is 30.2. The second-order valence-corrected chi connectivity index (χ2v) is 10.9. The number of hydrogen-bond donors (Lipinski definition) is 1. The molecule has 1 atom stereocenters. The highest BCUT2D eigenvalue weighted by atomic mass is 32.1. The molecule has 1 aliphatic carbocycles. The van der Waals surface area contributed by atoms with Crippen LogP contribution in [0.3, 0.4) is 0 Å². The highest BCUT2D eigenvalue weighted by molar-refractivity contribution is 7.07. The summed E-state index contributed by atoms with van der Waals surface area (Å²) in [5.74, 6) is -1.44. The molecule has 2 aliphatic rings. The lowest BCUT2D eigenvalue weighted by Gasteiger charge is -2.31. The Labute approximate surface area is 237 Å². The number of halogens is 2. The number of ether oxygens (including phenoxy) is 1. The molecule has 6 nitrogen and oxygen atoms in total. The third-order valence-electron chi connectivity index (χ3n) is 7.01. The van der Waals surface area contributed by atoms with Crippen LogP contribution in [0.2, 0.25) is 0 Å². The van der Waals surface area contributed by atoms with E-state index in [2.05, 4.69) is 0 Å². The Kier molecular flexibility index (Phi) is 7.19. The maximum absolute atomic E-state index is 14.4. The molecular formula is C32H24F2N2O4S. The summed E-state index contributed by atoms with van der Waals surface area (Å²) in [6.07, 6.45) is 5.89. The van der Waals surface area contributed by atoms with E-state index in [4.69, 9.17) is 14.8 Å². The van der Waals surface area contributed by atoms with Crippen molar-refractivity contribution in [3.05, 3.63) is 138 Å². The molecule has 0 saturated heterocycles. The molecule has 206 valence electrons. The van der Waals surface area contributed by atoms with Crippen molar-refractivity contribution in [1.82, 2.24) is 4.57 Å². The van der Waals surface area contributed by atoms with Gasteiger partial charge < -0.3 is 9.84 Å². The molecule has 0 radical (unpaired) electrons. The smallest absolute Gasteiger partial charge is 0.341 e. The number of carbonyl (C=O) groups is 1. The summed E-state index contributed by atoms with van der Waals surface area (Å²) < 4.78 is 35.7. The summed E-state index contributed by atoms with van der Waals surface area (Å²) >= 11 is 1.23. The molecule has 0 amide bonds. The minimum absolute atomic E-state index is 0.257. The minimum atomic E-state index is -1.09. The van der Waals surface area contributed by atoms with Crippen LogP contribution >= 0.6 is 11.3 Å². The van der Waals surface area contributed by atoms with Crippen LogP contribution in [0, 0.1) is 11.6 Å². The molecule has 1 aromatic heterocycles. The average molecular weight is 571 g/mol. The van der Waals surface area contributed by atoms with Gasteiger partial charge in [0, 0.05) is 0 Å². The van der Waals surface area contributed by atoms with Crippen LogP contribution in [0.4, 0.5) is 8.78 Å². The molecule has 1 N–H and O–H groups in total. The van der Waals surface area contributed by atoms with Gasteiger partial charge in [0.2, 0.25) is 0 Å². The Morgan fingerprint density at radius 2 is 1.73 bits per heavy atom. The molecule has 3 aromatic carbocycles. The van der Waals surface area contributed by atoms with E-state index in [9.17, 15) is 18.4 Å². The lowest BCUT2D eigenvalue weighted by molar-refractivity contribution is -0.139. The van der Waals surface area contributed by atoms with E-state index >= 15 is 0 Å². The summed E-state index contributed by atoms with van der Waals surface area (Å²) in [5, 5.41) is 8.91. The highest BCUT2D eigenvalue weighted by Gasteiger charge is 2.32. The van der Waals surface area contributed by atoms with E-state index in [1.807, 2.05) is 18.2 Å². The molecule has 0 spiro atoms. The van der Waals surface area contributed by atoms with Gasteiger partial charge in [-0.15, -0.1) is 0 Å². The molecule has 1 unspecified atom stereocenters. The third-order valence-corrected chi connectivity index (χ3v) is 7.99. The second kappa shape index (κ2) is 11.1. The normalized spacial score (nSPS) is 17.7. The van der Waals surface area contributed by atoms with Crippen molar-refractivity contribution in [2.45, 2.75) is 25.3 Å². The summed E-state index contributed by atoms with van der Waals surface area (Å²) in [6.45, 7) is -0.476. The zero-order chi connectivity index (χ0) is 28.5. The fourth-order valence-electron chi connectivity index (χ4n) is 5.32. The van der Waals surface area contributed by atoms with Crippen molar-refractivity contribution in [3.63, 3.8) is 0 Å². The van der Waals surface area contributed by atoms with Crippen molar-refractivity contribution in [2.75, 3.05) is 6.61 Å². The van der Waals surface area contributed by atoms with Crippen LogP contribution in [0.1, 0.15) is 42.0 Å². The van der Waals surface area contributed by atoms with Gasteiger partial charge in [0.05, 0.1) is 16.3 Å². The Morgan fingerprint density at radius 3 is 2.49 bits per heavy atom. The summed E-state index contributed by atoms with van der Waals surface area (Å²) in [7, 11) is 0. The zero-order valence-corrected chi connectivity index (χ0v) is 22.5. The fraction of sp³-hybridized carbons (Fsp3) is 0.156. The summed E-state index contributed by atoms with van der Waals surface area (Å²) in [6, 6.07) is 18.9. The second-order valence-electron chi connectivity index (χ2n) is 9.84. The number of aromatic nitrogens is 1. The van der Waals surface area contributed by atoms with E-state index in [1.54, 1.807) is 47.0 Å². The number of fused-ring (bicyclic) bond motifs is 1. The van der Waals surface area contributed by atoms with Gasteiger partial charge in [-0.25, -0.2) is 18.6 Å². The third kappa shape index (κ3) is 5.53. The van der Waals surface area contributed by atoms with Gasteiger partial charge >= 0.3 is 5.97 Å². The van der Waals surface area contributed by atoms with Gasteiger partial charge in [-0.2, -0.15) is 0 Å². The van der Waals surface area contributed by atoms with E-state index in [0.717, 1.165) is 35.2 Å². The Morgan fingerprint density at radius 1 is 1.00 bits per heavy atom. The molecule has 2 heterocycles. The average Bonchev–Trinajstić information content (AvgIpc) is 3.25. The number of rotatable bonds is 6. The van der Waals surface area contributed by atoms with Gasteiger partial charge in [-0.1, -0.05) is 47.7 Å². The molecule has 1 aliphatic heterocycles. The minimum Gasteiger partial charge on any atom is -0.482 e. The fourth-order valence-corrected chi connectivity index (χ4v) is 6.32. The van der Waals surface area contributed by atoms with Crippen LogP contribution < -0.4 is 19.6 Å². The lowest BCUT2D eigenvalue weighted by Crippen LogP contribution is -2.39. The van der Waals surface area contributed by atoms with Gasteiger partial charge in [0.15, 0.2) is 11.4 Å². The SMILES string of the molecule is O=C(O)COc1cccc(/C=c2\sc3n(c2=O)C(c2cccc(F)c2)C2=C(N=3)/C(=C/c3cccc(F)c3)CCC2)c1. The molecular weight excluding hydrogens is 546 g/mol. The van der Waals surface area contributed by atoms with E-state index in [1.165, 1.54) is 35.6 Å². The maximum Gasteiger partial charge on any atom is 0.341 e. The number of thiazole rings is 1. The van der Waals surface area contributed by atoms with Gasteiger partial charge in [0.1, 0.15) is 17.4 Å². The first-order valence-corrected chi connectivity index (χ1v) is 13.9. The van der Waals surface area contributed by atoms with Crippen LogP contribution in [0.5, 0.6) is 5.75 Å².